The van der Waals surface area contributed by atoms with Crippen molar-refractivity contribution in [2.24, 2.45) is 5.73 Å². The molecule has 0 atom stereocenters. The van der Waals surface area contributed by atoms with Gasteiger partial charge >= 0.3 is 6.03 Å². The average molecular weight is 348 g/mol. The summed E-state index contributed by atoms with van der Waals surface area (Å²) in [7, 11) is 3.19. The molecule has 1 aromatic carbocycles. The number of amides is 3. The molecule has 24 heavy (non-hydrogen) atoms. The summed E-state index contributed by atoms with van der Waals surface area (Å²) in [6.45, 7) is 4.27. The van der Waals surface area contributed by atoms with E-state index in [0.717, 1.165) is 28.2 Å². The average Bonchev–Trinajstić information content (AvgIpc) is 2.89. The highest BCUT2D eigenvalue weighted by molar-refractivity contribution is 7.11. The van der Waals surface area contributed by atoms with Crippen LogP contribution >= 0.6 is 11.5 Å². The number of hydrogen-bond acceptors (Lipinski definition) is 5. The minimum atomic E-state index is -0.701. The first kappa shape index (κ1) is 17.7. The van der Waals surface area contributed by atoms with Crippen molar-refractivity contribution >= 4 is 28.5 Å². The van der Waals surface area contributed by atoms with Crippen molar-refractivity contribution in [2.75, 3.05) is 19.4 Å². The van der Waals surface area contributed by atoms with Gasteiger partial charge in [-0.2, -0.15) is 4.37 Å². The third-order valence-electron chi connectivity index (χ3n) is 3.40. The Morgan fingerprint density at radius 3 is 2.62 bits per heavy atom. The predicted octanol–water partition coefficient (Wildman–Crippen LogP) is 2.53. The van der Waals surface area contributed by atoms with Crippen molar-refractivity contribution in [2.45, 2.75) is 20.5 Å². The monoisotopic (exact) mass is 348 g/mol. The normalized spacial score (nSPS) is 10.3. The molecule has 0 aliphatic heterocycles. The first-order valence-corrected chi connectivity index (χ1v) is 8.03. The van der Waals surface area contributed by atoms with Crippen LogP contribution in [0.15, 0.2) is 18.2 Å². The molecule has 0 spiro atoms. The van der Waals surface area contributed by atoms with Crippen molar-refractivity contribution in [1.29, 1.82) is 0 Å². The number of nitrogens with one attached hydrogen (secondary N) is 1. The van der Waals surface area contributed by atoms with Crippen LogP contribution in [0.25, 0.3) is 0 Å². The summed E-state index contributed by atoms with van der Waals surface area (Å²) in [6.07, 6.45) is 0. The number of aryl methyl sites for hydroxylation is 2. The van der Waals surface area contributed by atoms with Gasteiger partial charge in [0.1, 0.15) is 17.2 Å². The van der Waals surface area contributed by atoms with E-state index in [-0.39, 0.29) is 29.1 Å². The smallest absolute Gasteiger partial charge is 0.321 e. The zero-order valence-corrected chi connectivity index (χ0v) is 14.9. The molecular weight excluding hydrogens is 328 g/mol. The Balaban J connectivity index is 2.19. The number of ether oxygens (including phenoxy) is 1. The van der Waals surface area contributed by atoms with E-state index in [9.17, 15) is 9.59 Å². The number of urea groups is 1. The van der Waals surface area contributed by atoms with Gasteiger partial charge in [-0.15, -0.1) is 0 Å². The van der Waals surface area contributed by atoms with Gasteiger partial charge < -0.3 is 15.4 Å². The zero-order chi connectivity index (χ0) is 17.9. The van der Waals surface area contributed by atoms with E-state index < -0.39 is 5.91 Å². The molecule has 0 saturated heterocycles. The highest BCUT2D eigenvalue weighted by atomic mass is 32.1. The van der Waals surface area contributed by atoms with Crippen molar-refractivity contribution < 1.29 is 14.3 Å². The summed E-state index contributed by atoms with van der Waals surface area (Å²) < 4.78 is 9.76. The fourth-order valence-electron chi connectivity index (χ4n) is 2.04. The molecule has 0 aliphatic rings. The summed E-state index contributed by atoms with van der Waals surface area (Å²) in [4.78, 5) is 24.8. The molecule has 0 aliphatic carbocycles. The Kier molecular flexibility index (Phi) is 5.40. The number of carbonyl (C=O) groups is 2. The standard InChI is InChI=1S/C16H20N4O3S/c1-9-5-6-11(10(2)7-9)8-23-14-12(13(17)21)15(24-19-14)18-16(22)20(3)4/h5-7H,8H2,1-4H3,(H2,17,21)(H,18,22). The predicted molar refractivity (Wildman–Crippen MR) is 93.6 cm³/mol. The highest BCUT2D eigenvalue weighted by Crippen LogP contribution is 2.31. The molecule has 0 bridgehead atoms. The molecule has 2 aromatic rings. The molecule has 1 aromatic heterocycles. The van der Waals surface area contributed by atoms with E-state index in [2.05, 4.69) is 15.8 Å². The van der Waals surface area contributed by atoms with Crippen molar-refractivity contribution in [1.82, 2.24) is 9.27 Å². The van der Waals surface area contributed by atoms with E-state index in [4.69, 9.17) is 10.5 Å². The van der Waals surface area contributed by atoms with Crippen molar-refractivity contribution in [3.8, 4) is 5.88 Å². The van der Waals surface area contributed by atoms with E-state index in [0.29, 0.717) is 0 Å². The van der Waals surface area contributed by atoms with Crippen LogP contribution in [0.5, 0.6) is 5.88 Å². The zero-order valence-electron chi connectivity index (χ0n) is 14.0. The lowest BCUT2D eigenvalue weighted by Crippen LogP contribution is -2.28. The molecule has 0 unspecified atom stereocenters. The summed E-state index contributed by atoms with van der Waals surface area (Å²) in [5, 5.41) is 2.87. The molecular formula is C16H20N4O3S. The maximum atomic E-state index is 11.8. The van der Waals surface area contributed by atoms with Crippen LogP contribution in [-0.4, -0.2) is 35.3 Å². The highest BCUT2D eigenvalue weighted by Gasteiger charge is 2.22. The van der Waals surface area contributed by atoms with Gasteiger partial charge in [0, 0.05) is 14.1 Å². The van der Waals surface area contributed by atoms with Gasteiger partial charge in [-0.3, -0.25) is 10.1 Å². The largest absolute Gasteiger partial charge is 0.472 e. The Morgan fingerprint density at radius 2 is 2.04 bits per heavy atom. The van der Waals surface area contributed by atoms with Gasteiger partial charge in [-0.1, -0.05) is 23.8 Å². The quantitative estimate of drug-likeness (QED) is 0.867. The molecule has 0 fully saturated rings. The summed E-state index contributed by atoms with van der Waals surface area (Å²) >= 11 is 0.958. The van der Waals surface area contributed by atoms with Gasteiger partial charge in [-0.25, -0.2) is 4.79 Å². The second kappa shape index (κ2) is 7.31. The van der Waals surface area contributed by atoms with Crippen LogP contribution in [0.4, 0.5) is 9.80 Å². The Bertz CT molecular complexity index is 771. The van der Waals surface area contributed by atoms with E-state index in [1.54, 1.807) is 14.1 Å². The van der Waals surface area contributed by atoms with E-state index in [1.807, 2.05) is 26.0 Å². The molecule has 128 valence electrons. The Hall–Kier alpha value is -2.61. The minimum Gasteiger partial charge on any atom is -0.472 e. The number of benzene rings is 1. The number of nitrogens with two attached hydrogens (primary N) is 1. The molecule has 7 nitrogen and oxygen atoms in total. The number of hydrogen-bond donors (Lipinski definition) is 2. The fraction of sp³-hybridized carbons (Fsp3) is 0.312. The topological polar surface area (TPSA) is 97.6 Å². The second-order valence-corrected chi connectivity index (χ2v) is 6.37. The summed E-state index contributed by atoms with van der Waals surface area (Å²) in [5.74, 6) is -0.574. The van der Waals surface area contributed by atoms with E-state index >= 15 is 0 Å². The van der Waals surface area contributed by atoms with E-state index in [1.165, 1.54) is 4.90 Å². The van der Waals surface area contributed by atoms with Gasteiger partial charge in [0.25, 0.3) is 5.91 Å². The van der Waals surface area contributed by atoms with Crippen molar-refractivity contribution in [3.05, 3.63) is 40.5 Å². The lowest BCUT2D eigenvalue weighted by molar-refractivity contribution is 0.0996. The second-order valence-electron chi connectivity index (χ2n) is 5.60. The van der Waals surface area contributed by atoms with Crippen LogP contribution in [0, 0.1) is 13.8 Å². The molecule has 2 rings (SSSR count). The number of carbonyl (C=O) groups excluding carboxylic acids is 2. The fourth-order valence-corrected chi connectivity index (χ4v) is 2.77. The van der Waals surface area contributed by atoms with Crippen LogP contribution in [-0.2, 0) is 6.61 Å². The minimum absolute atomic E-state index is 0.0833. The number of aromatic nitrogens is 1. The molecule has 3 N–H and O–H groups in total. The molecule has 0 saturated carbocycles. The molecule has 1 heterocycles. The molecule has 0 radical (unpaired) electrons. The van der Waals surface area contributed by atoms with Gasteiger partial charge in [0.2, 0.25) is 5.88 Å². The SMILES string of the molecule is Cc1ccc(COc2nsc(NC(=O)N(C)C)c2C(N)=O)c(C)c1. The number of nitrogens with zero attached hydrogens (tertiary/aromatic N) is 2. The third kappa shape index (κ3) is 4.02. The molecule has 3 amide bonds. The lowest BCUT2D eigenvalue weighted by atomic mass is 10.1. The summed E-state index contributed by atoms with van der Waals surface area (Å²) in [6, 6.07) is 5.64. The first-order chi connectivity index (χ1) is 11.3. The number of rotatable bonds is 5. The third-order valence-corrected chi connectivity index (χ3v) is 4.14. The van der Waals surface area contributed by atoms with Gasteiger partial charge in [0.05, 0.1) is 0 Å². The first-order valence-electron chi connectivity index (χ1n) is 7.26. The maximum Gasteiger partial charge on any atom is 0.321 e. The number of primary amides is 1. The maximum absolute atomic E-state index is 11.8. The van der Waals surface area contributed by atoms with Crippen LogP contribution in [0.2, 0.25) is 0 Å². The van der Waals surface area contributed by atoms with Crippen LogP contribution in [0.1, 0.15) is 27.0 Å². The van der Waals surface area contributed by atoms with Crippen LogP contribution in [0.3, 0.4) is 0 Å². The summed E-state index contributed by atoms with van der Waals surface area (Å²) in [5.41, 5.74) is 8.74. The Morgan fingerprint density at radius 1 is 1.33 bits per heavy atom. The Labute approximate surface area is 144 Å². The molecule has 8 heteroatoms. The number of anilines is 1. The van der Waals surface area contributed by atoms with Gasteiger partial charge in [-0.05, 0) is 36.5 Å². The van der Waals surface area contributed by atoms with Crippen LogP contribution < -0.4 is 15.8 Å². The lowest BCUT2D eigenvalue weighted by Gasteiger charge is -2.11. The van der Waals surface area contributed by atoms with Gasteiger partial charge in [0.15, 0.2) is 0 Å². The van der Waals surface area contributed by atoms with Crippen molar-refractivity contribution in [3.63, 3.8) is 0 Å².